The maximum absolute atomic E-state index is 9.00. The van der Waals surface area contributed by atoms with Gasteiger partial charge < -0.3 is 44.5 Å². The molecule has 0 amide bonds. The summed E-state index contributed by atoms with van der Waals surface area (Å²) in [7, 11) is 0. The van der Waals surface area contributed by atoms with Crippen molar-refractivity contribution in [3.8, 4) is 23.0 Å². The second kappa shape index (κ2) is 13.3. The Bertz CT molecular complexity index is 561. The van der Waals surface area contributed by atoms with Gasteiger partial charge in [-0.25, -0.2) is 0 Å². The largest absolute Gasteiger partial charge is 2.00 e. The number of phenols is 2. The molecule has 0 atom stereocenters. The van der Waals surface area contributed by atoms with Gasteiger partial charge in [-0.2, -0.15) is 0 Å². The minimum Gasteiger partial charge on any atom is -1.00 e. The summed E-state index contributed by atoms with van der Waals surface area (Å²) >= 11 is 0. The molecule has 150 valence electrons. The fourth-order valence-electron chi connectivity index (χ4n) is 1.74. The maximum atomic E-state index is 9.00. The average Bonchev–Trinajstić information content (AvgIpc) is 2.42. The zero-order valence-electron chi connectivity index (χ0n) is 16.6. The van der Waals surface area contributed by atoms with Crippen LogP contribution in [0.2, 0.25) is 0 Å². The van der Waals surface area contributed by atoms with Crippen LogP contribution >= 0.6 is 0 Å². The van der Waals surface area contributed by atoms with Gasteiger partial charge in [-0.3, -0.25) is 0 Å². The van der Waals surface area contributed by atoms with Gasteiger partial charge in [-0.15, -0.1) is 0 Å². The number of ether oxygens (including phenoxy) is 2. The summed E-state index contributed by atoms with van der Waals surface area (Å²) in [4.78, 5) is 0. The number of aromatic hydroxyl groups is 2. The molecule has 2 aromatic rings. The fraction of sp³-hybridized carbons (Fsp3) is 0.400. The van der Waals surface area contributed by atoms with Gasteiger partial charge in [0, 0.05) is 0 Å². The van der Waals surface area contributed by atoms with Crippen LogP contribution in [0.25, 0.3) is 0 Å². The topological polar surface area (TPSA) is 58.9 Å². The normalized spacial score (nSPS) is 10.0. The Morgan fingerprint density at radius 3 is 0.963 bits per heavy atom. The molecule has 0 fully saturated rings. The molecule has 0 unspecified atom stereocenters. The monoisotopic (exact) mass is 492 g/mol. The molecule has 0 aromatic heterocycles. The van der Waals surface area contributed by atoms with E-state index in [-0.39, 0.29) is 73.7 Å². The van der Waals surface area contributed by atoms with Gasteiger partial charge in [-0.05, 0) is 90.1 Å². The maximum Gasteiger partial charge on any atom is 2.00 e. The van der Waals surface area contributed by atoms with E-state index < -0.39 is 0 Å². The molecule has 2 rings (SSSR count). The van der Waals surface area contributed by atoms with Crippen molar-refractivity contribution in [1.82, 2.24) is 0 Å². The van der Waals surface area contributed by atoms with Crippen molar-refractivity contribution in [3.05, 3.63) is 48.5 Å². The van der Waals surface area contributed by atoms with Gasteiger partial charge in [0.2, 0.25) is 0 Å². The van der Waals surface area contributed by atoms with Crippen LogP contribution in [-0.4, -0.2) is 21.4 Å². The van der Waals surface area contributed by atoms with Gasteiger partial charge in [0.15, 0.2) is 0 Å². The van der Waals surface area contributed by atoms with Gasteiger partial charge in [0.05, 0.1) is 0 Å². The first kappa shape index (κ1) is 30.8. The molecule has 2 N–H and O–H groups in total. The van der Waals surface area contributed by atoms with E-state index in [9.17, 15) is 0 Å². The molecule has 0 aliphatic carbocycles. The Labute approximate surface area is 194 Å². The first-order valence-corrected chi connectivity index (χ1v) is 7.91. The van der Waals surface area contributed by atoms with E-state index in [2.05, 4.69) is 0 Å². The summed E-state index contributed by atoms with van der Waals surface area (Å²) < 4.78 is 11.1. The number of benzene rings is 2. The number of hydrogen-bond donors (Lipinski definition) is 2. The van der Waals surface area contributed by atoms with Crippen LogP contribution in [0, 0.1) is 0 Å². The Morgan fingerprint density at radius 2 is 0.778 bits per heavy atom. The average molecular weight is 495 g/mol. The van der Waals surface area contributed by atoms with Crippen LogP contribution < -0.4 is 34.3 Å². The summed E-state index contributed by atoms with van der Waals surface area (Å²) in [6, 6.07) is 13.5. The Balaban J connectivity index is -0.000000384. The van der Waals surface area contributed by atoms with Crippen molar-refractivity contribution in [2.24, 2.45) is 0 Å². The van der Waals surface area contributed by atoms with Crippen molar-refractivity contribution in [2.75, 3.05) is 0 Å². The van der Waals surface area contributed by atoms with Crippen LogP contribution in [-0.2, 0) is 26.2 Å². The first-order chi connectivity index (χ1) is 10.9. The molecule has 0 spiro atoms. The minimum absolute atomic E-state index is 0. The molecule has 2 aromatic carbocycles. The SMILES string of the molecule is CC(C)(C)Oc1ccc(O)cc1.CC(C)(C)Oc1ccc(O)cc1.[Cl-].[Cl-].[Zr+2]. The summed E-state index contributed by atoms with van der Waals surface area (Å²) in [5, 5.41) is 18.0. The number of hydrogen-bond acceptors (Lipinski definition) is 4. The standard InChI is InChI=1S/2C10H14O2.2ClH.Zr/c2*1-10(2,3)12-9-6-4-8(11)5-7-9;;;/h2*4-7,11H,1-3H3;2*1H;/q;;;;+2/p-2. The zero-order chi connectivity index (χ0) is 18.4. The Kier molecular flexibility index (Phi) is 15.2. The first-order valence-electron chi connectivity index (χ1n) is 7.91. The third-order valence-corrected chi connectivity index (χ3v) is 2.52. The summed E-state index contributed by atoms with van der Waals surface area (Å²) in [5.41, 5.74) is -0.367. The Morgan fingerprint density at radius 1 is 0.556 bits per heavy atom. The smallest absolute Gasteiger partial charge is 1.00 e. The van der Waals surface area contributed by atoms with Crippen LogP contribution in [0.15, 0.2) is 48.5 Å². The van der Waals surface area contributed by atoms with Gasteiger partial charge >= 0.3 is 26.2 Å². The van der Waals surface area contributed by atoms with E-state index in [1.807, 2.05) is 41.5 Å². The fourth-order valence-corrected chi connectivity index (χ4v) is 1.74. The van der Waals surface area contributed by atoms with Crippen LogP contribution in [0.3, 0.4) is 0 Å². The number of phenolic OH excluding ortho intramolecular Hbond substituents is 2. The van der Waals surface area contributed by atoms with E-state index in [1.54, 1.807) is 48.5 Å². The van der Waals surface area contributed by atoms with Crippen LogP contribution in [0.5, 0.6) is 23.0 Å². The molecule has 0 aliphatic heterocycles. The van der Waals surface area contributed by atoms with E-state index in [4.69, 9.17) is 19.7 Å². The van der Waals surface area contributed by atoms with E-state index in [0.717, 1.165) is 11.5 Å². The van der Waals surface area contributed by atoms with E-state index >= 15 is 0 Å². The summed E-state index contributed by atoms with van der Waals surface area (Å²) in [5.74, 6) is 2.08. The van der Waals surface area contributed by atoms with Crippen molar-refractivity contribution in [3.63, 3.8) is 0 Å². The molecule has 0 radical (unpaired) electrons. The van der Waals surface area contributed by atoms with Crippen molar-refractivity contribution in [2.45, 2.75) is 52.7 Å². The molecule has 7 heteroatoms. The third-order valence-electron chi connectivity index (χ3n) is 2.52. The molecule has 0 aliphatic rings. The van der Waals surface area contributed by atoms with Crippen molar-refractivity contribution < 1.29 is 70.7 Å². The summed E-state index contributed by atoms with van der Waals surface area (Å²) in [6.07, 6.45) is 0. The van der Waals surface area contributed by atoms with Gasteiger partial charge in [0.1, 0.15) is 34.2 Å². The summed E-state index contributed by atoms with van der Waals surface area (Å²) in [6.45, 7) is 11.9. The van der Waals surface area contributed by atoms with Crippen molar-refractivity contribution in [1.29, 1.82) is 0 Å². The van der Waals surface area contributed by atoms with Crippen LogP contribution in [0.1, 0.15) is 41.5 Å². The van der Waals surface area contributed by atoms with Crippen molar-refractivity contribution >= 4 is 0 Å². The second-order valence-corrected chi connectivity index (χ2v) is 7.42. The molecular weight excluding hydrogens is 466 g/mol. The molecule has 27 heavy (non-hydrogen) atoms. The molecule has 0 bridgehead atoms. The molecule has 0 saturated carbocycles. The Hall–Kier alpha value is -0.897. The van der Waals surface area contributed by atoms with Gasteiger partial charge in [-0.1, -0.05) is 0 Å². The predicted octanol–water partition coefficient (Wildman–Crippen LogP) is -0.855. The molecule has 0 saturated heterocycles. The van der Waals surface area contributed by atoms with Gasteiger partial charge in [0.25, 0.3) is 0 Å². The van der Waals surface area contributed by atoms with Crippen LogP contribution in [0.4, 0.5) is 0 Å². The quantitative estimate of drug-likeness (QED) is 0.571. The zero-order valence-corrected chi connectivity index (χ0v) is 20.6. The minimum atomic E-state index is -0.184. The molecule has 0 heterocycles. The molecular formula is C20H28Cl2O4Zr. The van der Waals surface area contributed by atoms with E-state index in [0.29, 0.717) is 0 Å². The number of halogens is 2. The van der Waals surface area contributed by atoms with E-state index in [1.165, 1.54) is 0 Å². The molecule has 4 nitrogen and oxygen atoms in total. The predicted molar refractivity (Wildman–Crippen MR) is 97.0 cm³/mol. The third kappa shape index (κ3) is 15.8. The number of rotatable bonds is 2. The second-order valence-electron chi connectivity index (χ2n) is 7.42.